The van der Waals surface area contributed by atoms with Gasteiger partial charge in [0.05, 0.1) is 0 Å². The zero-order chi connectivity index (χ0) is 24.7. The van der Waals surface area contributed by atoms with Crippen LogP contribution in [0.2, 0.25) is 5.02 Å². The van der Waals surface area contributed by atoms with Crippen molar-refractivity contribution in [3.05, 3.63) is 117 Å². The molecule has 0 fully saturated rings. The van der Waals surface area contributed by atoms with Gasteiger partial charge in [0, 0.05) is 45.5 Å². The molecule has 0 saturated heterocycles. The first-order chi connectivity index (χ1) is 16.9. The molecule has 6 heteroatoms. The van der Waals surface area contributed by atoms with Crippen molar-refractivity contribution < 1.29 is 14.3 Å². The van der Waals surface area contributed by atoms with Gasteiger partial charge in [0.2, 0.25) is 0 Å². The molecule has 3 aromatic carbocycles. The van der Waals surface area contributed by atoms with Crippen molar-refractivity contribution in [2.24, 2.45) is 0 Å². The van der Waals surface area contributed by atoms with Gasteiger partial charge in [-0.3, -0.25) is 15.1 Å². The number of carbonyl (C=O) groups is 1. The van der Waals surface area contributed by atoms with E-state index in [9.17, 15) is 19.7 Å². The third kappa shape index (κ3) is 4.06. The monoisotopic (exact) mass is 486 g/mol. The number of hydrogen-bond donors (Lipinski definition) is 2. The molecular weight excluding hydrogens is 463 g/mol. The highest BCUT2D eigenvalue weighted by atomic mass is 35.5. The fourth-order valence-electron chi connectivity index (χ4n) is 4.94. The summed E-state index contributed by atoms with van der Waals surface area (Å²) in [6.45, 7) is 1.90. The molecule has 4 nitrogen and oxygen atoms in total. The van der Waals surface area contributed by atoms with Crippen LogP contribution in [0.25, 0.3) is 5.76 Å². The van der Waals surface area contributed by atoms with Gasteiger partial charge < -0.3 is 5.11 Å². The maximum absolute atomic E-state index is 13.8. The molecule has 0 saturated carbocycles. The highest BCUT2D eigenvalue weighted by Crippen LogP contribution is 2.48. The number of aliphatic hydroxyl groups excluding tert-OH is 1. The minimum atomic E-state index is -0.691. The number of benzene rings is 3. The van der Waals surface area contributed by atoms with Gasteiger partial charge in [-0.1, -0.05) is 60.1 Å². The van der Waals surface area contributed by atoms with Crippen LogP contribution >= 0.6 is 11.6 Å². The first kappa shape index (κ1) is 23.1. The highest BCUT2D eigenvalue weighted by Gasteiger charge is 2.43. The molecule has 1 aliphatic carbocycles. The van der Waals surface area contributed by atoms with Crippen molar-refractivity contribution in [3.8, 4) is 0 Å². The van der Waals surface area contributed by atoms with Crippen molar-refractivity contribution in [3.63, 3.8) is 0 Å². The number of hydrogen-bond acceptors (Lipinski definition) is 3. The number of anilines is 1. The number of amidine groups is 1. The molecule has 1 heterocycles. The van der Waals surface area contributed by atoms with E-state index >= 15 is 0 Å². The van der Waals surface area contributed by atoms with E-state index in [0.717, 1.165) is 11.3 Å². The van der Waals surface area contributed by atoms with Gasteiger partial charge in [-0.25, -0.2) is 4.39 Å². The van der Waals surface area contributed by atoms with E-state index in [1.54, 1.807) is 47.4 Å². The summed E-state index contributed by atoms with van der Waals surface area (Å²) in [6.07, 6.45) is 1.65. The van der Waals surface area contributed by atoms with Gasteiger partial charge in [-0.15, -0.1) is 0 Å². The van der Waals surface area contributed by atoms with Gasteiger partial charge in [0.15, 0.2) is 5.78 Å². The Bertz CT molecular complexity index is 1390. The lowest BCUT2D eigenvalue weighted by Crippen LogP contribution is -2.42. The van der Waals surface area contributed by atoms with Crippen molar-refractivity contribution in [1.82, 2.24) is 0 Å². The molecule has 1 atom stereocenters. The van der Waals surface area contributed by atoms with E-state index in [1.165, 1.54) is 12.1 Å². The Morgan fingerprint density at radius 2 is 1.77 bits per heavy atom. The molecule has 5 rings (SSSR count). The van der Waals surface area contributed by atoms with Gasteiger partial charge in [0.25, 0.3) is 0 Å². The Balaban J connectivity index is 1.83. The Kier molecular flexibility index (Phi) is 6.03. The average molecular weight is 487 g/mol. The van der Waals surface area contributed by atoms with Crippen molar-refractivity contribution in [1.29, 1.82) is 5.41 Å². The van der Waals surface area contributed by atoms with Gasteiger partial charge in [-0.2, -0.15) is 0 Å². The number of Topliss-reactive ketones (excluding diaryl/α,β-unsaturated/α-hetero) is 1. The molecule has 0 bridgehead atoms. The topological polar surface area (TPSA) is 64.4 Å². The van der Waals surface area contributed by atoms with Gasteiger partial charge in [-0.05, 0) is 55.2 Å². The number of nitrogens with one attached hydrogen (secondary N) is 1. The van der Waals surface area contributed by atoms with Crippen molar-refractivity contribution in [2.45, 2.75) is 32.1 Å². The summed E-state index contributed by atoms with van der Waals surface area (Å²) in [5.74, 6) is -1.14. The minimum absolute atomic E-state index is 0.0327. The Labute approximate surface area is 208 Å². The summed E-state index contributed by atoms with van der Waals surface area (Å²) in [5, 5.41) is 21.4. The number of aryl methyl sites for hydroxylation is 1. The molecule has 176 valence electrons. The lowest BCUT2D eigenvalue weighted by Gasteiger charge is -2.42. The second-order valence-corrected chi connectivity index (χ2v) is 9.27. The van der Waals surface area contributed by atoms with E-state index in [-0.39, 0.29) is 17.4 Å². The maximum atomic E-state index is 13.8. The third-order valence-electron chi connectivity index (χ3n) is 6.67. The largest absolute Gasteiger partial charge is 0.507 e. The van der Waals surface area contributed by atoms with Crippen LogP contribution in [-0.2, 0) is 4.79 Å². The normalized spacial score (nSPS) is 19.6. The van der Waals surface area contributed by atoms with Gasteiger partial charge in [0.1, 0.15) is 17.4 Å². The number of halogens is 2. The third-order valence-corrected chi connectivity index (χ3v) is 7.08. The summed E-state index contributed by atoms with van der Waals surface area (Å²) < 4.78 is 13.8. The zero-order valence-corrected chi connectivity index (χ0v) is 19.9. The fourth-order valence-corrected chi connectivity index (χ4v) is 5.11. The molecule has 3 aromatic rings. The van der Waals surface area contributed by atoms with E-state index in [2.05, 4.69) is 0 Å². The quantitative estimate of drug-likeness (QED) is 0.380. The second-order valence-electron chi connectivity index (χ2n) is 8.87. The van der Waals surface area contributed by atoms with Gasteiger partial charge >= 0.3 is 0 Å². The summed E-state index contributed by atoms with van der Waals surface area (Å²) in [4.78, 5) is 15.2. The molecule has 2 aliphatic rings. The van der Waals surface area contributed by atoms with Crippen LogP contribution in [-0.4, -0.2) is 16.7 Å². The molecule has 2 N–H and O–H groups in total. The first-order valence-electron chi connectivity index (χ1n) is 11.5. The Hall–Kier alpha value is -3.70. The summed E-state index contributed by atoms with van der Waals surface area (Å²) in [5.41, 5.74) is 4.31. The summed E-state index contributed by atoms with van der Waals surface area (Å²) >= 11 is 6.44. The van der Waals surface area contributed by atoms with Crippen LogP contribution in [0.15, 0.2) is 89.6 Å². The van der Waals surface area contributed by atoms with Crippen LogP contribution in [0.4, 0.5) is 10.1 Å². The lowest BCUT2D eigenvalue weighted by atomic mass is 9.73. The Morgan fingerprint density at radius 3 is 2.46 bits per heavy atom. The Morgan fingerprint density at radius 1 is 1.06 bits per heavy atom. The number of aliphatic hydroxyl groups is 1. The first-order valence-corrected chi connectivity index (χ1v) is 11.9. The number of nitrogens with zero attached hydrogens (tertiary/aromatic N) is 1. The standard InChI is InChI=1S/C29H24ClFN2O2/c1-17-10-15-21(16-22(17)30)33-23-8-5-9-24(34)26(23)25(18-11-13-20(31)14-12-18)27(29(33)32)28(35)19-6-3-2-4-7-19/h2-4,6-7,10-16,25,32,35H,5,8-9H2,1H3/b28-27+,32-29?. The smallest absolute Gasteiger partial charge is 0.161 e. The van der Waals surface area contributed by atoms with Crippen LogP contribution in [0.5, 0.6) is 0 Å². The van der Waals surface area contributed by atoms with Crippen LogP contribution in [0.3, 0.4) is 0 Å². The molecule has 0 spiro atoms. The average Bonchev–Trinajstić information content (AvgIpc) is 2.86. The molecular formula is C29H24ClFN2O2. The van der Waals surface area contributed by atoms with E-state index in [0.29, 0.717) is 52.2 Å². The predicted octanol–water partition coefficient (Wildman–Crippen LogP) is 7.34. The SMILES string of the molecule is Cc1ccc(N2C(=N)/C(=C(/O)c3ccccc3)C(c3ccc(F)cc3)C3=C2CCCC3=O)cc1Cl. The highest BCUT2D eigenvalue weighted by molar-refractivity contribution is 6.32. The minimum Gasteiger partial charge on any atom is -0.507 e. The molecule has 1 unspecified atom stereocenters. The summed E-state index contributed by atoms with van der Waals surface area (Å²) in [7, 11) is 0. The molecule has 0 amide bonds. The van der Waals surface area contributed by atoms with Crippen LogP contribution in [0.1, 0.15) is 41.9 Å². The van der Waals surface area contributed by atoms with Crippen molar-refractivity contribution in [2.75, 3.05) is 4.90 Å². The van der Waals surface area contributed by atoms with Crippen molar-refractivity contribution >= 4 is 34.7 Å². The van der Waals surface area contributed by atoms with E-state index in [1.807, 2.05) is 25.1 Å². The molecule has 1 aliphatic heterocycles. The van der Waals surface area contributed by atoms with Crippen LogP contribution in [0, 0.1) is 18.2 Å². The summed E-state index contributed by atoms with van der Waals surface area (Å²) in [6, 6.07) is 20.4. The molecule has 35 heavy (non-hydrogen) atoms. The van der Waals surface area contributed by atoms with E-state index in [4.69, 9.17) is 11.6 Å². The predicted molar refractivity (Wildman–Crippen MR) is 137 cm³/mol. The molecule has 0 radical (unpaired) electrons. The number of rotatable bonds is 3. The fraction of sp³-hybridized carbons (Fsp3) is 0.172. The maximum Gasteiger partial charge on any atom is 0.161 e. The second kappa shape index (κ2) is 9.16. The zero-order valence-electron chi connectivity index (χ0n) is 19.2. The number of allylic oxidation sites excluding steroid dienone is 2. The van der Waals surface area contributed by atoms with Crippen LogP contribution < -0.4 is 4.90 Å². The molecule has 0 aromatic heterocycles. The van der Waals surface area contributed by atoms with E-state index < -0.39 is 11.7 Å². The number of ketones is 1. The number of carbonyl (C=O) groups excluding carboxylic acids is 1. The lowest BCUT2D eigenvalue weighted by molar-refractivity contribution is -0.116.